The maximum atomic E-state index is 12.5. The largest absolute Gasteiger partial charge is 0.456 e. The smallest absolute Gasteiger partial charge is 0.308 e. The van der Waals surface area contributed by atoms with Gasteiger partial charge in [-0.3, -0.25) is 4.79 Å². The third-order valence-corrected chi connectivity index (χ3v) is 3.03. The lowest BCUT2D eigenvalue weighted by molar-refractivity contribution is -0.163. The Morgan fingerprint density at radius 1 is 1.33 bits per heavy atom. The van der Waals surface area contributed by atoms with Crippen LogP contribution < -0.4 is 5.43 Å². The number of hydrazone groups is 1. The van der Waals surface area contributed by atoms with Gasteiger partial charge < -0.3 is 5.43 Å². The first-order valence-electron chi connectivity index (χ1n) is 5.34. The van der Waals surface area contributed by atoms with E-state index in [2.05, 4.69) is 10.5 Å². The molecule has 6 heteroatoms. The summed E-state index contributed by atoms with van der Waals surface area (Å²) >= 11 is 0. The fraction of sp³-hybridized carbons (Fsp3) is 0.333. The number of rotatable bonds is 2. The van der Waals surface area contributed by atoms with Crippen molar-refractivity contribution in [3.63, 3.8) is 0 Å². The highest BCUT2D eigenvalue weighted by atomic mass is 19.4. The molecule has 1 unspecified atom stereocenters. The molecule has 1 aromatic rings. The number of hydrogen-bond acceptors (Lipinski definition) is 3. The lowest BCUT2D eigenvalue weighted by Crippen LogP contribution is -2.43. The second-order valence-corrected chi connectivity index (χ2v) is 4.32. The van der Waals surface area contributed by atoms with E-state index in [1.165, 1.54) is 0 Å². The van der Waals surface area contributed by atoms with E-state index in [0.717, 1.165) is 0 Å². The van der Waals surface area contributed by atoms with Crippen molar-refractivity contribution in [2.45, 2.75) is 18.5 Å². The van der Waals surface area contributed by atoms with Gasteiger partial charge in [0.2, 0.25) is 0 Å². The molecular formula is C12H11F3N2O. The molecule has 18 heavy (non-hydrogen) atoms. The molecule has 0 aliphatic carbocycles. The van der Waals surface area contributed by atoms with Crippen molar-refractivity contribution < 1.29 is 18.0 Å². The van der Waals surface area contributed by atoms with Gasteiger partial charge in [0.15, 0.2) is 0 Å². The van der Waals surface area contributed by atoms with Crippen molar-refractivity contribution in [1.82, 2.24) is 5.43 Å². The molecular weight excluding hydrogens is 245 g/mol. The highest BCUT2D eigenvalue weighted by molar-refractivity contribution is 6.45. The lowest BCUT2D eigenvalue weighted by Gasteiger charge is -2.25. The summed E-state index contributed by atoms with van der Waals surface area (Å²) in [5.41, 5.74) is 1.58. The van der Waals surface area contributed by atoms with Crippen molar-refractivity contribution in [2.75, 3.05) is 6.54 Å². The van der Waals surface area contributed by atoms with Gasteiger partial charge in [0, 0.05) is 6.54 Å². The topological polar surface area (TPSA) is 41.5 Å². The SMILES string of the molecule is CC1(c2ccccc2)CNN=C1C(=O)C(F)(F)F. The molecule has 3 nitrogen and oxygen atoms in total. The molecule has 0 saturated heterocycles. The van der Waals surface area contributed by atoms with Crippen LogP contribution in [0.25, 0.3) is 0 Å². The van der Waals surface area contributed by atoms with E-state index < -0.39 is 23.1 Å². The van der Waals surface area contributed by atoms with Crippen molar-refractivity contribution in [3.8, 4) is 0 Å². The average Bonchev–Trinajstić information content (AvgIpc) is 2.71. The summed E-state index contributed by atoms with van der Waals surface area (Å²) < 4.78 is 37.5. The molecule has 0 aromatic heterocycles. The van der Waals surface area contributed by atoms with Gasteiger partial charge >= 0.3 is 6.18 Å². The number of Topliss-reactive ketones (excluding diaryl/α,β-unsaturated/α-hetero) is 1. The molecule has 1 aromatic carbocycles. The number of nitrogens with zero attached hydrogens (tertiary/aromatic N) is 1. The summed E-state index contributed by atoms with van der Waals surface area (Å²) in [5.74, 6) is -1.89. The van der Waals surface area contributed by atoms with Gasteiger partial charge in [0.1, 0.15) is 5.71 Å². The molecule has 0 spiro atoms. The number of ketones is 1. The van der Waals surface area contributed by atoms with Crippen molar-refractivity contribution in [1.29, 1.82) is 0 Å². The van der Waals surface area contributed by atoms with Crippen LogP contribution in [0.2, 0.25) is 0 Å². The summed E-state index contributed by atoms with van der Waals surface area (Å²) in [7, 11) is 0. The highest BCUT2D eigenvalue weighted by Gasteiger charge is 2.50. The lowest BCUT2D eigenvalue weighted by atomic mass is 9.77. The quantitative estimate of drug-likeness (QED) is 0.879. The Labute approximate surface area is 102 Å². The molecule has 1 aliphatic heterocycles. The number of nitrogens with one attached hydrogen (secondary N) is 1. The van der Waals surface area contributed by atoms with Crippen LogP contribution in [0.1, 0.15) is 12.5 Å². The van der Waals surface area contributed by atoms with Crippen molar-refractivity contribution >= 4 is 11.5 Å². The number of alkyl halides is 3. The van der Waals surface area contributed by atoms with Gasteiger partial charge in [0.25, 0.3) is 5.78 Å². The average molecular weight is 256 g/mol. The van der Waals surface area contributed by atoms with Crippen LogP contribution in [-0.4, -0.2) is 24.2 Å². The van der Waals surface area contributed by atoms with Crippen LogP contribution in [0.5, 0.6) is 0 Å². The van der Waals surface area contributed by atoms with Gasteiger partial charge in [-0.2, -0.15) is 18.3 Å². The summed E-state index contributed by atoms with van der Waals surface area (Å²) in [4.78, 5) is 11.4. The number of halogens is 3. The van der Waals surface area contributed by atoms with E-state index >= 15 is 0 Å². The van der Waals surface area contributed by atoms with Gasteiger partial charge in [-0.1, -0.05) is 30.3 Å². The molecule has 1 N–H and O–H groups in total. The summed E-state index contributed by atoms with van der Waals surface area (Å²) in [6, 6.07) is 8.57. The second-order valence-electron chi connectivity index (χ2n) is 4.32. The molecule has 0 bridgehead atoms. The first-order valence-corrected chi connectivity index (χ1v) is 5.34. The van der Waals surface area contributed by atoms with Gasteiger partial charge in [0.05, 0.1) is 5.41 Å². The zero-order valence-electron chi connectivity index (χ0n) is 9.58. The van der Waals surface area contributed by atoms with Gasteiger partial charge in [-0.15, -0.1) is 0 Å². The molecule has 0 amide bonds. The summed E-state index contributed by atoms with van der Waals surface area (Å²) in [5, 5.41) is 3.53. The molecule has 96 valence electrons. The first kappa shape index (κ1) is 12.6. The summed E-state index contributed by atoms with van der Waals surface area (Å²) in [6.07, 6.45) is -4.90. The zero-order valence-corrected chi connectivity index (χ0v) is 9.58. The highest BCUT2D eigenvalue weighted by Crippen LogP contribution is 2.31. The van der Waals surface area contributed by atoms with Crippen LogP contribution in [-0.2, 0) is 10.2 Å². The first-order chi connectivity index (χ1) is 8.36. The normalized spacial score (nSPS) is 23.4. The number of carbonyl (C=O) groups is 1. The third-order valence-electron chi connectivity index (χ3n) is 3.03. The Bertz CT molecular complexity index is 496. The van der Waals surface area contributed by atoms with E-state index in [9.17, 15) is 18.0 Å². The van der Waals surface area contributed by atoms with Gasteiger partial charge in [-0.05, 0) is 12.5 Å². The van der Waals surface area contributed by atoms with Crippen LogP contribution in [0, 0.1) is 0 Å². The Morgan fingerprint density at radius 2 is 1.94 bits per heavy atom. The monoisotopic (exact) mass is 256 g/mol. The third kappa shape index (κ3) is 1.98. The zero-order chi connectivity index (χ0) is 13.4. The number of carbonyl (C=O) groups excluding carboxylic acids is 1. The minimum atomic E-state index is -4.90. The molecule has 0 saturated carbocycles. The van der Waals surface area contributed by atoms with Crippen LogP contribution in [0.15, 0.2) is 35.4 Å². The van der Waals surface area contributed by atoms with Crippen LogP contribution in [0.3, 0.4) is 0 Å². The second kappa shape index (κ2) is 4.12. The Kier molecular flexibility index (Phi) is 2.88. The van der Waals surface area contributed by atoms with Gasteiger partial charge in [-0.25, -0.2) is 0 Å². The van der Waals surface area contributed by atoms with E-state index in [-0.39, 0.29) is 6.54 Å². The number of hydrogen-bond donors (Lipinski definition) is 1. The van der Waals surface area contributed by atoms with Crippen molar-refractivity contribution in [2.24, 2.45) is 5.10 Å². The molecule has 1 aliphatic rings. The minimum Gasteiger partial charge on any atom is -0.308 e. The van der Waals surface area contributed by atoms with E-state index in [0.29, 0.717) is 5.56 Å². The Hall–Kier alpha value is -1.85. The molecule has 1 atom stereocenters. The predicted octanol–water partition coefficient (Wildman–Crippen LogP) is 2.03. The molecule has 2 rings (SSSR count). The fourth-order valence-corrected chi connectivity index (χ4v) is 1.96. The molecule has 0 radical (unpaired) electrons. The summed E-state index contributed by atoms with van der Waals surface area (Å²) in [6.45, 7) is 1.75. The maximum absolute atomic E-state index is 12.5. The minimum absolute atomic E-state index is 0.175. The molecule has 0 fully saturated rings. The van der Waals surface area contributed by atoms with E-state index in [1.807, 2.05) is 0 Å². The van der Waals surface area contributed by atoms with Crippen molar-refractivity contribution in [3.05, 3.63) is 35.9 Å². The maximum Gasteiger partial charge on any atom is 0.456 e. The van der Waals surface area contributed by atoms with E-state index in [1.54, 1.807) is 37.3 Å². The van der Waals surface area contributed by atoms with Crippen LogP contribution in [0.4, 0.5) is 13.2 Å². The van der Waals surface area contributed by atoms with Crippen LogP contribution >= 0.6 is 0 Å². The molecule has 1 heterocycles. The Balaban J connectivity index is 2.41. The Morgan fingerprint density at radius 3 is 2.50 bits per heavy atom. The predicted molar refractivity (Wildman–Crippen MR) is 60.3 cm³/mol. The van der Waals surface area contributed by atoms with E-state index in [4.69, 9.17) is 0 Å². The number of benzene rings is 1. The fourth-order valence-electron chi connectivity index (χ4n) is 1.96. The standard InChI is InChI=1S/C12H11F3N2O/c1-11(8-5-3-2-4-6-8)7-16-17-9(11)10(18)12(13,14)15/h2-6,16H,7H2,1H3.